The molecule has 1 saturated heterocycles. The molecule has 2 rings (SSSR count). The molecule has 0 amide bonds. The summed E-state index contributed by atoms with van der Waals surface area (Å²) in [5, 5.41) is 27.1. The van der Waals surface area contributed by atoms with E-state index in [1.165, 1.54) is 6.08 Å². The van der Waals surface area contributed by atoms with Gasteiger partial charge in [-0.25, -0.2) is 14.4 Å². The summed E-state index contributed by atoms with van der Waals surface area (Å²) in [7, 11) is 0. The van der Waals surface area contributed by atoms with Crippen LogP contribution in [-0.2, 0) is 14.4 Å². The highest BCUT2D eigenvalue weighted by Crippen LogP contribution is 2.21. The van der Waals surface area contributed by atoms with Crippen LogP contribution in [0.1, 0.15) is 19.3 Å². The van der Waals surface area contributed by atoms with Gasteiger partial charge in [0.15, 0.2) is 6.04 Å². The smallest absolute Gasteiger partial charge is 0.354 e. The van der Waals surface area contributed by atoms with Gasteiger partial charge in [0.05, 0.1) is 0 Å². The van der Waals surface area contributed by atoms with Crippen LogP contribution in [0.2, 0.25) is 0 Å². The normalized spacial score (nSPS) is 25.0. The van der Waals surface area contributed by atoms with E-state index in [9.17, 15) is 14.4 Å². The van der Waals surface area contributed by atoms with Gasteiger partial charge in [-0.3, -0.25) is 4.99 Å². The van der Waals surface area contributed by atoms with Crippen LogP contribution in [0, 0.1) is 0 Å². The van der Waals surface area contributed by atoms with Crippen molar-refractivity contribution in [2.24, 2.45) is 4.99 Å². The van der Waals surface area contributed by atoms with Crippen molar-refractivity contribution in [3.8, 4) is 0 Å². The van der Waals surface area contributed by atoms with Crippen LogP contribution in [0.4, 0.5) is 0 Å². The predicted octanol–water partition coefficient (Wildman–Crippen LogP) is 0.358. The number of hydrogen-bond donors (Lipinski definition) is 3. The molecule has 0 saturated carbocycles. The molecule has 0 unspecified atom stereocenters. The van der Waals surface area contributed by atoms with Crippen molar-refractivity contribution >= 4 is 23.6 Å². The summed E-state index contributed by atoms with van der Waals surface area (Å²) in [5.41, 5.74) is 0.186. The van der Waals surface area contributed by atoms with Crippen molar-refractivity contribution in [2.45, 2.75) is 31.3 Å². The molecule has 8 heteroatoms. The molecule has 3 N–H and O–H groups in total. The number of aliphatic carboxylic acids is 3. The number of aliphatic imine (C=N–C) groups is 1. The molecule has 0 spiro atoms. The Morgan fingerprint density at radius 1 is 1.23 bits per heavy atom. The van der Waals surface area contributed by atoms with E-state index >= 15 is 0 Å². The predicted molar refractivity (Wildman–Crippen MR) is 75.7 cm³/mol. The second-order valence-corrected chi connectivity index (χ2v) is 5.15. The maximum atomic E-state index is 11.1. The lowest BCUT2D eigenvalue weighted by Gasteiger charge is -2.20. The SMILES string of the molecule is O=C(O)C1=N[C@@H](C(=O)O)CC(/C=C/N2CCC[C@H]2C(=O)O)=C1. The first-order chi connectivity index (χ1) is 10.4. The van der Waals surface area contributed by atoms with Crippen LogP contribution in [-0.4, -0.2) is 62.5 Å². The van der Waals surface area contributed by atoms with Gasteiger partial charge in [0, 0.05) is 19.2 Å². The van der Waals surface area contributed by atoms with Crippen molar-refractivity contribution in [3.63, 3.8) is 0 Å². The van der Waals surface area contributed by atoms with E-state index < -0.39 is 30.0 Å². The number of nitrogens with zero attached hydrogens (tertiary/aromatic N) is 2. The van der Waals surface area contributed by atoms with Crippen molar-refractivity contribution in [1.29, 1.82) is 0 Å². The fourth-order valence-corrected chi connectivity index (χ4v) is 2.51. The van der Waals surface area contributed by atoms with Crippen molar-refractivity contribution in [2.75, 3.05) is 6.54 Å². The summed E-state index contributed by atoms with van der Waals surface area (Å²) in [5.74, 6) is -3.39. The highest BCUT2D eigenvalue weighted by Gasteiger charge is 2.28. The minimum atomic E-state index is -1.29. The lowest BCUT2D eigenvalue weighted by molar-refractivity contribution is -0.141. The molecule has 0 aromatic rings. The molecule has 8 nitrogen and oxygen atoms in total. The molecule has 0 aliphatic carbocycles. The Morgan fingerprint density at radius 3 is 2.55 bits per heavy atom. The lowest BCUT2D eigenvalue weighted by atomic mass is 10.0. The molecule has 22 heavy (non-hydrogen) atoms. The van der Waals surface area contributed by atoms with Crippen molar-refractivity contribution in [1.82, 2.24) is 4.90 Å². The van der Waals surface area contributed by atoms with E-state index in [1.807, 2.05) is 0 Å². The van der Waals surface area contributed by atoms with Crippen LogP contribution in [0.25, 0.3) is 0 Å². The van der Waals surface area contributed by atoms with E-state index in [0.717, 1.165) is 6.42 Å². The number of likely N-dealkylation sites (tertiary alicyclic amines) is 1. The number of hydrogen-bond acceptors (Lipinski definition) is 5. The molecular formula is C14H16N2O6. The molecule has 2 aliphatic heterocycles. The van der Waals surface area contributed by atoms with Crippen molar-refractivity contribution < 1.29 is 29.7 Å². The third-order valence-corrected chi connectivity index (χ3v) is 3.61. The quantitative estimate of drug-likeness (QED) is 0.669. The Balaban J connectivity index is 2.16. The Hall–Kier alpha value is -2.64. The second kappa shape index (κ2) is 6.42. The van der Waals surface area contributed by atoms with Crippen LogP contribution < -0.4 is 0 Å². The van der Waals surface area contributed by atoms with Gasteiger partial charge >= 0.3 is 17.9 Å². The van der Waals surface area contributed by atoms with Gasteiger partial charge in [-0.05, 0) is 30.6 Å². The zero-order valence-corrected chi connectivity index (χ0v) is 11.7. The topological polar surface area (TPSA) is 127 Å². The molecule has 1 fully saturated rings. The summed E-state index contributed by atoms with van der Waals surface area (Å²) in [4.78, 5) is 38.4. The zero-order chi connectivity index (χ0) is 16.3. The minimum Gasteiger partial charge on any atom is -0.480 e. The third-order valence-electron chi connectivity index (χ3n) is 3.61. The Morgan fingerprint density at radius 2 is 1.95 bits per heavy atom. The summed E-state index contributed by atoms with van der Waals surface area (Å²) >= 11 is 0. The highest BCUT2D eigenvalue weighted by molar-refractivity contribution is 6.41. The van der Waals surface area contributed by atoms with E-state index in [2.05, 4.69) is 4.99 Å². The summed E-state index contributed by atoms with van der Waals surface area (Å²) in [6, 6.07) is -1.73. The van der Waals surface area contributed by atoms with Crippen LogP contribution in [0.5, 0.6) is 0 Å². The maximum Gasteiger partial charge on any atom is 0.354 e. The molecule has 0 bridgehead atoms. The average molecular weight is 308 g/mol. The molecule has 0 aromatic carbocycles. The summed E-state index contributed by atoms with van der Waals surface area (Å²) in [6.07, 6.45) is 5.85. The Bertz CT molecular complexity index is 592. The van der Waals surface area contributed by atoms with Gasteiger partial charge in [0.25, 0.3) is 0 Å². The molecular weight excluding hydrogens is 292 g/mol. The van der Waals surface area contributed by atoms with Gasteiger partial charge < -0.3 is 20.2 Å². The highest BCUT2D eigenvalue weighted by atomic mass is 16.4. The third kappa shape index (κ3) is 3.51. The molecule has 0 aromatic heterocycles. The monoisotopic (exact) mass is 308 g/mol. The Labute approximate surface area is 126 Å². The zero-order valence-electron chi connectivity index (χ0n) is 11.7. The molecule has 0 radical (unpaired) electrons. The largest absolute Gasteiger partial charge is 0.480 e. The van der Waals surface area contributed by atoms with Crippen LogP contribution in [0.3, 0.4) is 0 Å². The fraction of sp³-hybridized carbons (Fsp3) is 0.429. The minimum absolute atomic E-state index is 0.0776. The lowest BCUT2D eigenvalue weighted by Crippen LogP contribution is -2.32. The van der Waals surface area contributed by atoms with Crippen LogP contribution in [0.15, 0.2) is 28.9 Å². The Kier molecular flexibility index (Phi) is 4.59. The number of carboxylic acids is 3. The fourth-order valence-electron chi connectivity index (χ4n) is 2.51. The van der Waals surface area contributed by atoms with E-state index in [0.29, 0.717) is 18.5 Å². The molecule has 2 atom stereocenters. The number of allylic oxidation sites excluding steroid dienone is 1. The first-order valence-corrected chi connectivity index (χ1v) is 6.79. The average Bonchev–Trinajstić information content (AvgIpc) is 2.93. The van der Waals surface area contributed by atoms with Gasteiger partial charge in [0.1, 0.15) is 11.8 Å². The first-order valence-electron chi connectivity index (χ1n) is 6.79. The maximum absolute atomic E-state index is 11.1. The van der Waals surface area contributed by atoms with Crippen LogP contribution >= 0.6 is 0 Å². The number of carbonyl (C=O) groups is 3. The number of rotatable bonds is 5. The van der Waals surface area contributed by atoms with E-state index in [-0.39, 0.29) is 12.1 Å². The van der Waals surface area contributed by atoms with Gasteiger partial charge in [-0.15, -0.1) is 0 Å². The number of dihydropyridines is 1. The summed E-state index contributed by atoms with van der Waals surface area (Å²) in [6.45, 7) is 0.600. The van der Waals surface area contributed by atoms with Gasteiger partial charge in [-0.1, -0.05) is 0 Å². The molecule has 2 heterocycles. The van der Waals surface area contributed by atoms with E-state index in [4.69, 9.17) is 15.3 Å². The first kappa shape index (κ1) is 15.7. The summed E-state index contributed by atoms with van der Waals surface area (Å²) < 4.78 is 0. The second-order valence-electron chi connectivity index (χ2n) is 5.15. The molecule has 2 aliphatic rings. The molecule has 118 valence electrons. The van der Waals surface area contributed by atoms with Gasteiger partial charge in [0.2, 0.25) is 0 Å². The standard InChI is InChI=1S/C14H16N2O6/c17-12(18)9-6-8(7-10(15-9)13(19)20)3-5-16-4-1-2-11(16)14(21)22/h3,5-6,10-11H,1-2,4,7H2,(H,17,18)(H,19,20)(H,21,22)/b5-3+/t10-,11+/m1/s1. The van der Waals surface area contributed by atoms with E-state index in [1.54, 1.807) is 17.2 Å². The van der Waals surface area contributed by atoms with Gasteiger partial charge in [-0.2, -0.15) is 0 Å². The van der Waals surface area contributed by atoms with Crippen molar-refractivity contribution in [3.05, 3.63) is 23.9 Å². The number of carboxylic acid groups (broad SMARTS) is 3.